The van der Waals surface area contributed by atoms with E-state index < -0.39 is 29.2 Å². The zero-order valence-electron chi connectivity index (χ0n) is 8.51. The number of rotatable bonds is 1. The van der Waals surface area contributed by atoms with E-state index in [4.69, 9.17) is 4.74 Å². The third-order valence-corrected chi connectivity index (χ3v) is 2.55. The van der Waals surface area contributed by atoms with Gasteiger partial charge in [-0.3, -0.25) is 14.3 Å². The SMILES string of the molecule is CC1(F)COC(n2ccc(=O)[nH]c2=O)C1O. The van der Waals surface area contributed by atoms with Crippen LogP contribution in [-0.2, 0) is 4.74 Å². The van der Waals surface area contributed by atoms with E-state index in [-0.39, 0.29) is 6.61 Å². The van der Waals surface area contributed by atoms with Crippen molar-refractivity contribution in [2.45, 2.75) is 24.9 Å². The van der Waals surface area contributed by atoms with Crippen molar-refractivity contribution in [3.8, 4) is 0 Å². The quantitative estimate of drug-likeness (QED) is 0.658. The Morgan fingerprint density at radius 2 is 2.38 bits per heavy atom. The Hall–Kier alpha value is -1.47. The van der Waals surface area contributed by atoms with Gasteiger partial charge in [0.25, 0.3) is 5.56 Å². The van der Waals surface area contributed by atoms with Gasteiger partial charge in [0.15, 0.2) is 11.9 Å². The normalized spacial score (nSPS) is 34.2. The van der Waals surface area contributed by atoms with Gasteiger partial charge < -0.3 is 9.84 Å². The second-order valence-electron chi connectivity index (χ2n) is 3.94. The summed E-state index contributed by atoms with van der Waals surface area (Å²) in [5.41, 5.74) is -3.20. The highest BCUT2D eigenvalue weighted by molar-refractivity contribution is 4.95. The van der Waals surface area contributed by atoms with Crippen LogP contribution in [0.1, 0.15) is 13.2 Å². The lowest BCUT2D eigenvalue weighted by Gasteiger charge is -2.20. The minimum atomic E-state index is -1.90. The molecule has 3 unspecified atom stereocenters. The van der Waals surface area contributed by atoms with Crippen LogP contribution >= 0.6 is 0 Å². The number of ether oxygens (including phenoxy) is 1. The molecule has 0 bridgehead atoms. The fourth-order valence-electron chi connectivity index (χ4n) is 1.58. The average molecular weight is 230 g/mol. The number of hydrogen-bond acceptors (Lipinski definition) is 4. The molecule has 3 atom stereocenters. The Balaban J connectivity index is 2.40. The van der Waals surface area contributed by atoms with Gasteiger partial charge in [0.2, 0.25) is 0 Å². The van der Waals surface area contributed by atoms with Crippen LogP contribution in [0.15, 0.2) is 21.9 Å². The first-order valence-corrected chi connectivity index (χ1v) is 4.72. The average Bonchev–Trinajstić information content (AvgIpc) is 2.44. The van der Waals surface area contributed by atoms with E-state index in [0.717, 1.165) is 16.8 Å². The first-order valence-electron chi connectivity index (χ1n) is 4.72. The summed E-state index contributed by atoms with van der Waals surface area (Å²) in [6.07, 6.45) is -1.40. The molecule has 88 valence electrons. The molecular weight excluding hydrogens is 219 g/mol. The summed E-state index contributed by atoms with van der Waals surface area (Å²) in [5.74, 6) is 0. The summed E-state index contributed by atoms with van der Waals surface area (Å²) in [7, 11) is 0. The molecule has 0 aromatic carbocycles. The second kappa shape index (κ2) is 3.53. The van der Waals surface area contributed by atoms with E-state index in [2.05, 4.69) is 0 Å². The molecule has 1 aromatic rings. The number of nitrogens with zero attached hydrogens (tertiary/aromatic N) is 1. The minimum absolute atomic E-state index is 0.301. The van der Waals surface area contributed by atoms with Crippen LogP contribution in [0.3, 0.4) is 0 Å². The van der Waals surface area contributed by atoms with Crippen LogP contribution < -0.4 is 11.2 Å². The molecule has 1 aliphatic heterocycles. The Labute approximate surface area is 89.3 Å². The van der Waals surface area contributed by atoms with Gasteiger partial charge in [0.05, 0.1) is 6.61 Å². The molecule has 2 rings (SSSR count). The Morgan fingerprint density at radius 1 is 1.69 bits per heavy atom. The van der Waals surface area contributed by atoms with Gasteiger partial charge in [-0.1, -0.05) is 0 Å². The number of alkyl halides is 1. The van der Waals surface area contributed by atoms with E-state index in [0.29, 0.717) is 0 Å². The van der Waals surface area contributed by atoms with E-state index >= 15 is 0 Å². The van der Waals surface area contributed by atoms with Crippen molar-refractivity contribution < 1.29 is 14.2 Å². The van der Waals surface area contributed by atoms with Gasteiger partial charge in [-0.05, 0) is 6.92 Å². The standard InChI is InChI=1S/C9H11FN2O4/c1-9(10)4-16-7(6(9)14)12-3-2-5(13)11-8(12)15/h2-3,6-7,14H,4H2,1H3,(H,11,13,15). The second-order valence-corrected chi connectivity index (χ2v) is 3.94. The lowest BCUT2D eigenvalue weighted by Crippen LogP contribution is -2.40. The highest BCUT2D eigenvalue weighted by Crippen LogP contribution is 2.33. The molecule has 16 heavy (non-hydrogen) atoms. The van der Waals surface area contributed by atoms with Crippen LogP contribution in [0.25, 0.3) is 0 Å². The number of aliphatic hydroxyl groups is 1. The van der Waals surface area contributed by atoms with E-state index in [9.17, 15) is 19.1 Å². The van der Waals surface area contributed by atoms with Gasteiger partial charge in [0, 0.05) is 12.3 Å². The minimum Gasteiger partial charge on any atom is -0.385 e. The molecule has 0 amide bonds. The Bertz CT molecular complexity index is 507. The topological polar surface area (TPSA) is 84.3 Å². The molecule has 1 aromatic heterocycles. The monoisotopic (exact) mass is 230 g/mol. The van der Waals surface area contributed by atoms with Gasteiger partial charge in [-0.15, -0.1) is 0 Å². The lowest BCUT2D eigenvalue weighted by atomic mass is 10.0. The van der Waals surface area contributed by atoms with Crippen LogP contribution in [0.4, 0.5) is 4.39 Å². The molecule has 2 heterocycles. The maximum absolute atomic E-state index is 13.6. The number of aromatic nitrogens is 2. The number of nitrogens with one attached hydrogen (secondary N) is 1. The summed E-state index contributed by atoms with van der Waals surface area (Å²) in [5, 5.41) is 9.61. The van der Waals surface area contributed by atoms with Gasteiger partial charge >= 0.3 is 5.69 Å². The molecule has 1 fully saturated rings. The molecule has 0 radical (unpaired) electrons. The predicted molar refractivity (Wildman–Crippen MR) is 51.8 cm³/mol. The van der Waals surface area contributed by atoms with E-state index in [1.165, 1.54) is 6.92 Å². The number of H-pyrrole nitrogens is 1. The maximum atomic E-state index is 13.6. The highest BCUT2D eigenvalue weighted by atomic mass is 19.1. The summed E-state index contributed by atoms with van der Waals surface area (Å²) in [6.45, 7) is 0.888. The van der Waals surface area contributed by atoms with Gasteiger partial charge in [0.1, 0.15) is 6.10 Å². The van der Waals surface area contributed by atoms with Crippen molar-refractivity contribution in [3.63, 3.8) is 0 Å². The lowest BCUT2D eigenvalue weighted by molar-refractivity contribution is -0.0248. The van der Waals surface area contributed by atoms with Crippen molar-refractivity contribution in [1.29, 1.82) is 0 Å². The first kappa shape index (κ1) is 11.0. The molecule has 0 saturated carbocycles. The van der Waals surface area contributed by atoms with Crippen molar-refractivity contribution in [1.82, 2.24) is 9.55 Å². The molecule has 1 aliphatic rings. The van der Waals surface area contributed by atoms with Crippen molar-refractivity contribution in [2.75, 3.05) is 6.61 Å². The molecule has 7 heteroatoms. The maximum Gasteiger partial charge on any atom is 0.330 e. The van der Waals surface area contributed by atoms with Crippen LogP contribution in [0.2, 0.25) is 0 Å². The molecule has 6 nitrogen and oxygen atoms in total. The van der Waals surface area contributed by atoms with Crippen molar-refractivity contribution >= 4 is 0 Å². The molecule has 1 saturated heterocycles. The van der Waals surface area contributed by atoms with E-state index in [1.54, 1.807) is 0 Å². The summed E-state index contributed by atoms with van der Waals surface area (Å²) < 4.78 is 19.5. The third-order valence-electron chi connectivity index (χ3n) is 2.55. The van der Waals surface area contributed by atoms with Crippen LogP contribution in [0.5, 0.6) is 0 Å². The van der Waals surface area contributed by atoms with Crippen molar-refractivity contribution in [3.05, 3.63) is 33.1 Å². The van der Waals surface area contributed by atoms with Gasteiger partial charge in [-0.2, -0.15) is 0 Å². The fourth-order valence-corrected chi connectivity index (χ4v) is 1.58. The molecular formula is C9H11FN2O4. The highest BCUT2D eigenvalue weighted by Gasteiger charge is 2.47. The molecule has 0 spiro atoms. The van der Waals surface area contributed by atoms with E-state index in [1.807, 2.05) is 4.98 Å². The number of hydrogen-bond donors (Lipinski definition) is 2. The summed E-state index contributed by atoms with van der Waals surface area (Å²) in [4.78, 5) is 24.2. The Morgan fingerprint density at radius 3 is 2.88 bits per heavy atom. The Kier molecular flexibility index (Phi) is 2.43. The van der Waals surface area contributed by atoms with Crippen LogP contribution in [0, 0.1) is 0 Å². The van der Waals surface area contributed by atoms with Gasteiger partial charge in [-0.25, -0.2) is 9.18 Å². The zero-order chi connectivity index (χ0) is 11.9. The summed E-state index contributed by atoms with van der Waals surface area (Å²) >= 11 is 0. The first-order chi connectivity index (χ1) is 7.42. The third kappa shape index (κ3) is 1.68. The van der Waals surface area contributed by atoms with Crippen LogP contribution in [-0.4, -0.2) is 33.0 Å². The molecule has 2 N–H and O–H groups in total. The number of aliphatic hydroxyl groups excluding tert-OH is 1. The number of halogens is 1. The zero-order valence-corrected chi connectivity index (χ0v) is 8.51. The largest absolute Gasteiger partial charge is 0.385 e. The summed E-state index contributed by atoms with van der Waals surface area (Å²) in [6, 6.07) is 1.10. The predicted octanol–water partition coefficient (Wildman–Crippen LogP) is -0.846. The molecule has 0 aliphatic carbocycles. The van der Waals surface area contributed by atoms with Crippen molar-refractivity contribution in [2.24, 2.45) is 0 Å². The fraction of sp³-hybridized carbons (Fsp3) is 0.556. The number of aromatic amines is 1. The smallest absolute Gasteiger partial charge is 0.330 e.